The number of carboxylic acids is 1. The van der Waals surface area contributed by atoms with E-state index in [4.69, 9.17) is 24.5 Å². The number of hydrogen-bond acceptors (Lipinski definition) is 6. The second kappa shape index (κ2) is 7.78. The molecule has 0 saturated carbocycles. The molecule has 1 amide bonds. The van der Waals surface area contributed by atoms with Crippen molar-refractivity contribution >= 4 is 19.0 Å². The third-order valence-electron chi connectivity index (χ3n) is 4.98. The van der Waals surface area contributed by atoms with Gasteiger partial charge in [0.2, 0.25) is 0 Å². The molecule has 0 aliphatic carbocycles. The van der Waals surface area contributed by atoms with Gasteiger partial charge in [0.05, 0.1) is 24.7 Å². The van der Waals surface area contributed by atoms with Crippen molar-refractivity contribution < 1.29 is 33.5 Å². The number of ether oxygens (including phenoxy) is 2. The standard InChI is InChI=1S/C18H26BNO7/c1-17(2)18(3,4)27-19(26-17)12(9-16(22)23)11-6-7-13(14(8-11)24-5)25-10-15(20)21/h6-8,12H,9-10H2,1-5H3,(H2,20,21)(H,22,23). The van der Waals surface area contributed by atoms with Crippen molar-refractivity contribution in [3.05, 3.63) is 23.8 Å². The largest absolute Gasteiger partial charge is 0.493 e. The fourth-order valence-corrected chi connectivity index (χ4v) is 2.80. The molecule has 1 saturated heterocycles. The van der Waals surface area contributed by atoms with Crippen LogP contribution in [0.1, 0.15) is 45.5 Å². The van der Waals surface area contributed by atoms with E-state index in [-0.39, 0.29) is 13.0 Å². The molecule has 148 valence electrons. The van der Waals surface area contributed by atoms with E-state index in [1.807, 2.05) is 27.7 Å². The first-order valence-electron chi connectivity index (χ1n) is 8.63. The Morgan fingerprint density at radius 2 is 1.78 bits per heavy atom. The molecule has 27 heavy (non-hydrogen) atoms. The molecule has 1 heterocycles. The molecule has 3 N–H and O–H groups in total. The van der Waals surface area contributed by atoms with Crippen molar-refractivity contribution in [3.8, 4) is 11.5 Å². The highest BCUT2D eigenvalue weighted by Gasteiger charge is 2.54. The lowest BCUT2D eigenvalue weighted by atomic mass is 9.66. The van der Waals surface area contributed by atoms with Crippen LogP contribution < -0.4 is 15.2 Å². The van der Waals surface area contributed by atoms with E-state index in [9.17, 15) is 14.7 Å². The van der Waals surface area contributed by atoms with E-state index in [0.717, 1.165) is 0 Å². The van der Waals surface area contributed by atoms with Crippen molar-refractivity contribution in [2.75, 3.05) is 13.7 Å². The van der Waals surface area contributed by atoms with Crippen LogP contribution in [0.3, 0.4) is 0 Å². The van der Waals surface area contributed by atoms with Gasteiger partial charge >= 0.3 is 13.1 Å². The molecule has 2 rings (SSSR count). The fraction of sp³-hybridized carbons (Fsp3) is 0.556. The van der Waals surface area contributed by atoms with E-state index >= 15 is 0 Å². The van der Waals surface area contributed by atoms with Gasteiger partial charge in [-0.25, -0.2) is 0 Å². The smallest absolute Gasteiger partial charge is 0.466 e. The Labute approximate surface area is 159 Å². The molecular weight excluding hydrogens is 353 g/mol. The van der Waals surface area contributed by atoms with Crippen LogP contribution >= 0.6 is 0 Å². The van der Waals surface area contributed by atoms with E-state index in [1.165, 1.54) is 7.11 Å². The highest BCUT2D eigenvalue weighted by Crippen LogP contribution is 2.43. The number of hydrogen-bond donors (Lipinski definition) is 2. The van der Waals surface area contributed by atoms with E-state index in [0.29, 0.717) is 17.1 Å². The molecule has 1 atom stereocenters. The average Bonchev–Trinajstić information content (AvgIpc) is 2.78. The molecule has 1 aliphatic heterocycles. The van der Waals surface area contributed by atoms with Crippen molar-refractivity contribution in [3.63, 3.8) is 0 Å². The van der Waals surface area contributed by atoms with Gasteiger partial charge < -0.3 is 29.6 Å². The highest BCUT2D eigenvalue weighted by molar-refractivity contribution is 6.48. The van der Waals surface area contributed by atoms with Gasteiger partial charge in [-0.05, 0) is 45.4 Å². The van der Waals surface area contributed by atoms with Crippen molar-refractivity contribution in [1.29, 1.82) is 0 Å². The summed E-state index contributed by atoms with van der Waals surface area (Å²) in [7, 11) is 0.727. The van der Waals surface area contributed by atoms with Crippen LogP contribution in [0.4, 0.5) is 0 Å². The predicted molar refractivity (Wildman–Crippen MR) is 98.8 cm³/mol. The summed E-state index contributed by atoms with van der Waals surface area (Å²) in [4.78, 5) is 22.4. The van der Waals surface area contributed by atoms with Crippen molar-refractivity contribution in [1.82, 2.24) is 0 Å². The van der Waals surface area contributed by atoms with E-state index in [1.54, 1.807) is 18.2 Å². The predicted octanol–water partition coefficient (Wildman–Crippen LogP) is 1.75. The van der Waals surface area contributed by atoms with Gasteiger partial charge in [-0.2, -0.15) is 0 Å². The van der Waals surface area contributed by atoms with Crippen LogP contribution in [0.15, 0.2) is 18.2 Å². The van der Waals surface area contributed by atoms with Crippen LogP contribution in [0.25, 0.3) is 0 Å². The molecule has 1 fully saturated rings. The maximum atomic E-state index is 11.4. The first kappa shape index (κ1) is 21.0. The normalized spacial score (nSPS) is 18.8. The summed E-state index contributed by atoms with van der Waals surface area (Å²) in [6.07, 6.45) is -0.179. The zero-order chi connectivity index (χ0) is 20.4. The number of methoxy groups -OCH3 is 1. The Balaban J connectivity index is 2.34. The zero-order valence-electron chi connectivity index (χ0n) is 16.3. The third kappa shape index (κ3) is 4.73. The molecule has 0 radical (unpaired) electrons. The van der Waals surface area contributed by atoms with Crippen LogP contribution in [-0.4, -0.2) is 49.0 Å². The lowest BCUT2D eigenvalue weighted by Crippen LogP contribution is -2.41. The number of benzene rings is 1. The second-order valence-corrected chi connectivity index (χ2v) is 7.49. The van der Waals surface area contributed by atoms with Gasteiger partial charge in [-0.3, -0.25) is 9.59 Å². The number of carbonyl (C=O) groups is 2. The molecule has 9 heteroatoms. The summed E-state index contributed by atoms with van der Waals surface area (Å²) in [5.41, 5.74) is 4.60. The van der Waals surface area contributed by atoms with Gasteiger partial charge in [0, 0.05) is 5.82 Å². The summed E-state index contributed by atoms with van der Waals surface area (Å²) in [5, 5.41) is 9.37. The molecule has 0 bridgehead atoms. The lowest BCUT2D eigenvalue weighted by molar-refractivity contribution is -0.137. The summed E-state index contributed by atoms with van der Waals surface area (Å²) in [6, 6.07) is 4.98. The first-order chi connectivity index (χ1) is 12.5. The minimum Gasteiger partial charge on any atom is -0.493 e. The van der Waals surface area contributed by atoms with Gasteiger partial charge in [0.1, 0.15) is 0 Å². The number of carboxylic acid groups (broad SMARTS) is 1. The number of nitrogens with two attached hydrogens (primary N) is 1. The summed E-state index contributed by atoms with van der Waals surface area (Å²) < 4.78 is 22.7. The maximum Gasteiger partial charge on any atom is 0.466 e. The quantitative estimate of drug-likeness (QED) is 0.661. The molecule has 8 nitrogen and oxygen atoms in total. The number of amides is 1. The van der Waals surface area contributed by atoms with Gasteiger partial charge in [0.15, 0.2) is 18.1 Å². The van der Waals surface area contributed by atoms with E-state index in [2.05, 4.69) is 0 Å². The number of primary amides is 1. The minimum absolute atomic E-state index is 0.179. The molecule has 1 aliphatic rings. The highest BCUT2D eigenvalue weighted by atomic mass is 16.7. The molecule has 0 spiro atoms. The summed E-state index contributed by atoms with van der Waals surface area (Å²) >= 11 is 0. The SMILES string of the molecule is COc1cc(C(CC(=O)O)B2OC(C)(C)C(C)(C)O2)ccc1OCC(N)=O. The Kier molecular flexibility index (Phi) is 6.06. The lowest BCUT2D eigenvalue weighted by Gasteiger charge is -2.32. The maximum absolute atomic E-state index is 11.4. The molecular formula is C18H26BNO7. The Morgan fingerprint density at radius 3 is 2.26 bits per heavy atom. The minimum atomic E-state index is -0.970. The average molecular weight is 379 g/mol. The first-order valence-corrected chi connectivity index (χ1v) is 8.63. The fourth-order valence-electron chi connectivity index (χ4n) is 2.80. The Hall–Kier alpha value is -2.26. The van der Waals surface area contributed by atoms with Gasteiger partial charge in [-0.1, -0.05) is 6.07 Å². The molecule has 1 aromatic rings. The summed E-state index contributed by atoms with van der Waals surface area (Å²) in [5.74, 6) is -1.43. The molecule has 1 aromatic carbocycles. The van der Waals surface area contributed by atoms with Crippen LogP contribution in [-0.2, 0) is 18.9 Å². The second-order valence-electron chi connectivity index (χ2n) is 7.49. The van der Waals surface area contributed by atoms with Crippen LogP contribution in [0, 0.1) is 0 Å². The monoisotopic (exact) mass is 379 g/mol. The topological polar surface area (TPSA) is 117 Å². The number of rotatable bonds is 8. The molecule has 0 aromatic heterocycles. The molecule has 1 unspecified atom stereocenters. The van der Waals surface area contributed by atoms with E-state index < -0.39 is 36.0 Å². The number of aliphatic carboxylic acids is 1. The van der Waals surface area contributed by atoms with Crippen molar-refractivity contribution in [2.45, 2.75) is 51.1 Å². The number of carbonyl (C=O) groups excluding carboxylic acids is 1. The van der Waals surface area contributed by atoms with Gasteiger partial charge in [0.25, 0.3) is 5.91 Å². The van der Waals surface area contributed by atoms with Crippen LogP contribution in [0.2, 0.25) is 0 Å². The Bertz CT molecular complexity index is 704. The zero-order valence-corrected chi connectivity index (χ0v) is 16.3. The summed E-state index contributed by atoms with van der Waals surface area (Å²) in [6.45, 7) is 7.35. The Morgan fingerprint density at radius 1 is 1.19 bits per heavy atom. The van der Waals surface area contributed by atoms with Gasteiger partial charge in [-0.15, -0.1) is 0 Å². The van der Waals surface area contributed by atoms with Crippen molar-refractivity contribution in [2.24, 2.45) is 5.73 Å². The third-order valence-corrected chi connectivity index (χ3v) is 4.98. The van der Waals surface area contributed by atoms with Crippen LogP contribution in [0.5, 0.6) is 11.5 Å².